The van der Waals surface area contributed by atoms with Crippen LogP contribution in [0.3, 0.4) is 0 Å². The second kappa shape index (κ2) is 8.03. The standard InChI is InChI=1S/C10H13.2ClH.Zr/c1-10(2,3)9-7-5-4-6-8-9;;;/h5-8H,1-3H3;2*1H;/q-1;;;. The normalized spacial score (nSPS) is 8.85. The van der Waals surface area contributed by atoms with Gasteiger partial charge in [-0.15, -0.1) is 24.8 Å². The molecule has 0 aromatic heterocycles. The Morgan fingerprint density at radius 3 is 1.62 bits per heavy atom. The minimum atomic E-state index is 0. The molecule has 3 heteroatoms. The molecule has 1 aromatic carbocycles. The van der Waals surface area contributed by atoms with Crippen LogP contribution in [0.4, 0.5) is 0 Å². The van der Waals surface area contributed by atoms with Gasteiger partial charge in [-0.3, -0.25) is 0 Å². The van der Waals surface area contributed by atoms with Crippen LogP contribution >= 0.6 is 24.8 Å². The smallest absolute Gasteiger partial charge is 0 e. The maximum absolute atomic E-state index is 3.00. The molecule has 0 spiro atoms. The van der Waals surface area contributed by atoms with Gasteiger partial charge in [-0.1, -0.05) is 20.8 Å². The van der Waals surface area contributed by atoms with Gasteiger partial charge in [0.1, 0.15) is 0 Å². The van der Waals surface area contributed by atoms with Crippen LogP contribution in [0.15, 0.2) is 24.3 Å². The van der Waals surface area contributed by atoms with Crippen molar-refractivity contribution in [2.75, 3.05) is 0 Å². The molecule has 0 N–H and O–H groups in total. The molecule has 0 heterocycles. The number of halogens is 2. The van der Waals surface area contributed by atoms with Crippen molar-refractivity contribution < 1.29 is 26.2 Å². The van der Waals surface area contributed by atoms with Gasteiger partial charge in [0.05, 0.1) is 0 Å². The molecule has 0 bridgehead atoms. The van der Waals surface area contributed by atoms with Gasteiger partial charge < -0.3 is 0 Å². The van der Waals surface area contributed by atoms with Crippen LogP contribution < -0.4 is 0 Å². The Kier molecular flexibility index (Phi) is 11.9. The van der Waals surface area contributed by atoms with Crippen molar-refractivity contribution in [1.29, 1.82) is 0 Å². The quantitative estimate of drug-likeness (QED) is 0.642. The van der Waals surface area contributed by atoms with E-state index < -0.39 is 0 Å². The molecule has 74 valence electrons. The summed E-state index contributed by atoms with van der Waals surface area (Å²) in [5.74, 6) is 0. The monoisotopic (exact) mass is 295 g/mol. The van der Waals surface area contributed by atoms with Crippen LogP contribution in [0.1, 0.15) is 26.3 Å². The molecule has 0 atom stereocenters. The van der Waals surface area contributed by atoms with E-state index >= 15 is 0 Å². The van der Waals surface area contributed by atoms with E-state index in [2.05, 4.69) is 39.0 Å². The first-order chi connectivity index (χ1) is 4.61. The molecule has 0 aliphatic heterocycles. The van der Waals surface area contributed by atoms with Gasteiger partial charge in [0.2, 0.25) is 0 Å². The predicted octanol–water partition coefficient (Wildman–Crippen LogP) is 3.63. The van der Waals surface area contributed by atoms with Gasteiger partial charge in [-0.2, -0.15) is 35.9 Å². The summed E-state index contributed by atoms with van der Waals surface area (Å²) >= 11 is 0. The third-order valence-corrected chi connectivity index (χ3v) is 1.58. The Balaban J connectivity index is -0.000000333. The van der Waals surface area contributed by atoms with Crippen molar-refractivity contribution in [2.45, 2.75) is 26.2 Å². The van der Waals surface area contributed by atoms with Gasteiger partial charge in [0.25, 0.3) is 0 Å². The summed E-state index contributed by atoms with van der Waals surface area (Å²) in [5.41, 5.74) is 1.64. The molecule has 0 saturated heterocycles. The average molecular weight is 297 g/mol. The number of rotatable bonds is 0. The van der Waals surface area contributed by atoms with Crippen molar-refractivity contribution in [3.05, 3.63) is 35.9 Å². The van der Waals surface area contributed by atoms with Crippen LogP contribution in [-0.4, -0.2) is 0 Å². The molecule has 0 radical (unpaired) electrons. The molecule has 0 aliphatic carbocycles. The summed E-state index contributed by atoms with van der Waals surface area (Å²) < 4.78 is 0. The van der Waals surface area contributed by atoms with Crippen molar-refractivity contribution in [3.63, 3.8) is 0 Å². The summed E-state index contributed by atoms with van der Waals surface area (Å²) in [6, 6.07) is 11.1. The Morgan fingerprint density at radius 1 is 1.00 bits per heavy atom. The second-order valence-corrected chi connectivity index (χ2v) is 3.54. The van der Waals surface area contributed by atoms with Crippen LogP contribution in [0, 0.1) is 6.07 Å². The zero-order valence-electron chi connectivity index (χ0n) is 8.13. The maximum Gasteiger partial charge on any atom is 0 e. The third kappa shape index (κ3) is 6.71. The Morgan fingerprint density at radius 2 is 1.38 bits per heavy atom. The van der Waals surface area contributed by atoms with Crippen molar-refractivity contribution >= 4 is 24.8 Å². The summed E-state index contributed by atoms with van der Waals surface area (Å²) in [6.45, 7) is 6.63. The summed E-state index contributed by atoms with van der Waals surface area (Å²) in [4.78, 5) is 0. The van der Waals surface area contributed by atoms with Crippen LogP contribution in [-0.2, 0) is 31.6 Å². The number of hydrogen-bond acceptors (Lipinski definition) is 0. The van der Waals surface area contributed by atoms with Crippen LogP contribution in [0.25, 0.3) is 0 Å². The van der Waals surface area contributed by atoms with Crippen LogP contribution in [0.2, 0.25) is 0 Å². The molecule has 0 aliphatic rings. The molecule has 0 fully saturated rings. The zero-order chi connectivity index (χ0) is 7.61. The predicted molar refractivity (Wildman–Crippen MR) is 58.5 cm³/mol. The van der Waals surface area contributed by atoms with Gasteiger partial charge in [-0.25, -0.2) is 0 Å². The Bertz CT molecular complexity index is 204. The molecule has 1 rings (SSSR count). The largest absolute Gasteiger partial charge is 0.184 e. The molecule has 0 saturated carbocycles. The van der Waals surface area contributed by atoms with Crippen molar-refractivity contribution in [3.8, 4) is 0 Å². The molecule has 1 aromatic rings. The van der Waals surface area contributed by atoms with E-state index in [4.69, 9.17) is 0 Å². The fraction of sp³-hybridized carbons (Fsp3) is 0.400. The minimum Gasteiger partial charge on any atom is -0.184 e. The Hall–Kier alpha value is 0.683. The average Bonchev–Trinajstić information content (AvgIpc) is 1.88. The first kappa shape index (κ1) is 19.3. The molecular formula is C10H15Cl2Zr-. The summed E-state index contributed by atoms with van der Waals surface area (Å²) in [6.07, 6.45) is 0. The number of hydrogen-bond donors (Lipinski definition) is 0. The fourth-order valence-electron chi connectivity index (χ4n) is 0.887. The Labute approximate surface area is 112 Å². The van der Waals surface area contributed by atoms with E-state index in [-0.39, 0.29) is 56.4 Å². The minimum absolute atomic E-state index is 0. The van der Waals surface area contributed by atoms with Crippen molar-refractivity contribution in [2.24, 2.45) is 0 Å². The molecule has 0 unspecified atom stereocenters. The second-order valence-electron chi connectivity index (χ2n) is 3.54. The van der Waals surface area contributed by atoms with Crippen molar-refractivity contribution in [1.82, 2.24) is 0 Å². The molecule has 13 heavy (non-hydrogen) atoms. The first-order valence-electron chi connectivity index (χ1n) is 3.57. The zero-order valence-corrected chi connectivity index (χ0v) is 12.2. The number of benzene rings is 1. The van der Waals surface area contributed by atoms with E-state index in [1.165, 1.54) is 5.56 Å². The molecule has 0 amide bonds. The topological polar surface area (TPSA) is 0 Å². The summed E-state index contributed by atoms with van der Waals surface area (Å²) in [5, 5.41) is 0. The van der Waals surface area contributed by atoms with Crippen LogP contribution in [0.5, 0.6) is 0 Å². The van der Waals surface area contributed by atoms with E-state index in [0.717, 1.165) is 0 Å². The molecular weight excluding hydrogens is 282 g/mol. The third-order valence-electron chi connectivity index (χ3n) is 1.58. The van der Waals surface area contributed by atoms with E-state index in [1.807, 2.05) is 12.1 Å². The first-order valence-corrected chi connectivity index (χ1v) is 3.57. The van der Waals surface area contributed by atoms with Gasteiger partial charge in [0.15, 0.2) is 0 Å². The SMILES string of the molecule is CC(C)(C)c1cc[c-]cc1.Cl.Cl.[Zr]. The van der Waals surface area contributed by atoms with E-state index in [0.29, 0.717) is 0 Å². The van der Waals surface area contributed by atoms with Gasteiger partial charge in [-0.05, 0) is 5.41 Å². The van der Waals surface area contributed by atoms with Gasteiger partial charge in [0, 0.05) is 26.2 Å². The van der Waals surface area contributed by atoms with E-state index in [9.17, 15) is 0 Å². The molecule has 0 nitrogen and oxygen atoms in total. The maximum atomic E-state index is 3.00. The van der Waals surface area contributed by atoms with Gasteiger partial charge >= 0.3 is 0 Å². The fourth-order valence-corrected chi connectivity index (χ4v) is 0.887. The summed E-state index contributed by atoms with van der Waals surface area (Å²) in [7, 11) is 0. The van der Waals surface area contributed by atoms with E-state index in [1.54, 1.807) is 0 Å².